The van der Waals surface area contributed by atoms with E-state index in [1.54, 1.807) is 49.4 Å². The van der Waals surface area contributed by atoms with Gasteiger partial charge in [-0.25, -0.2) is 8.42 Å². The van der Waals surface area contributed by atoms with Gasteiger partial charge in [-0.3, -0.25) is 24.0 Å². The fourth-order valence-corrected chi connectivity index (χ4v) is 5.86. The van der Waals surface area contributed by atoms with Gasteiger partial charge < -0.3 is 10.2 Å². The molecular formula is C29H33ClN4O6S. The highest BCUT2D eigenvalue weighted by Gasteiger charge is 2.34. The summed E-state index contributed by atoms with van der Waals surface area (Å²) in [6.07, 6.45) is 1.92. The van der Waals surface area contributed by atoms with E-state index in [2.05, 4.69) is 5.32 Å². The van der Waals surface area contributed by atoms with E-state index in [1.807, 2.05) is 6.92 Å². The number of carbonyl (C=O) groups is 2. The number of nitro groups is 1. The summed E-state index contributed by atoms with van der Waals surface area (Å²) in [6.45, 7) is 3.52. The molecule has 0 bridgehead atoms. The van der Waals surface area contributed by atoms with Crippen LogP contribution in [0.3, 0.4) is 0 Å². The molecule has 0 fully saturated rings. The number of hydrogen-bond donors (Lipinski definition) is 1. The molecule has 1 atom stereocenters. The van der Waals surface area contributed by atoms with Crippen molar-refractivity contribution in [3.8, 4) is 0 Å². The number of hydrogen-bond acceptors (Lipinski definition) is 6. The van der Waals surface area contributed by atoms with Gasteiger partial charge in [-0.2, -0.15) is 0 Å². The third kappa shape index (κ3) is 8.05. The Balaban J connectivity index is 2.05. The molecule has 0 heterocycles. The number of benzene rings is 3. The Kier molecular flexibility index (Phi) is 11.2. The number of anilines is 1. The maximum absolute atomic E-state index is 14.0. The Bertz CT molecular complexity index is 1450. The number of halogens is 1. The summed E-state index contributed by atoms with van der Waals surface area (Å²) in [5.41, 5.74) is 0.424. The largest absolute Gasteiger partial charge is 0.354 e. The molecule has 0 aliphatic rings. The van der Waals surface area contributed by atoms with Gasteiger partial charge in [-0.15, -0.1) is 0 Å². The molecule has 3 aromatic rings. The van der Waals surface area contributed by atoms with E-state index < -0.39 is 33.4 Å². The first-order chi connectivity index (χ1) is 19.6. The molecule has 41 heavy (non-hydrogen) atoms. The predicted octanol–water partition coefficient (Wildman–Crippen LogP) is 5.17. The molecule has 1 N–H and O–H groups in total. The van der Waals surface area contributed by atoms with Gasteiger partial charge in [0.15, 0.2) is 0 Å². The van der Waals surface area contributed by atoms with Gasteiger partial charge in [0.2, 0.25) is 11.8 Å². The van der Waals surface area contributed by atoms with Crippen LogP contribution in [-0.2, 0) is 26.2 Å². The van der Waals surface area contributed by atoms with E-state index >= 15 is 0 Å². The van der Waals surface area contributed by atoms with Crippen molar-refractivity contribution in [3.05, 3.63) is 99.6 Å². The zero-order valence-corrected chi connectivity index (χ0v) is 24.5. The maximum atomic E-state index is 14.0. The van der Waals surface area contributed by atoms with E-state index in [0.29, 0.717) is 17.1 Å². The molecule has 0 unspecified atom stereocenters. The monoisotopic (exact) mass is 600 g/mol. The molecule has 0 aliphatic carbocycles. The Morgan fingerprint density at radius 2 is 1.61 bits per heavy atom. The van der Waals surface area contributed by atoms with Gasteiger partial charge in [0, 0.05) is 30.2 Å². The molecule has 0 radical (unpaired) electrons. The highest BCUT2D eigenvalue weighted by Crippen LogP contribution is 2.27. The quantitative estimate of drug-likeness (QED) is 0.154. The number of amides is 2. The molecule has 0 saturated heterocycles. The van der Waals surface area contributed by atoms with Gasteiger partial charge in [0.25, 0.3) is 15.7 Å². The van der Waals surface area contributed by atoms with Crippen LogP contribution in [0.4, 0.5) is 11.4 Å². The van der Waals surface area contributed by atoms with E-state index in [4.69, 9.17) is 11.6 Å². The molecule has 0 aromatic heterocycles. The van der Waals surface area contributed by atoms with Crippen molar-refractivity contribution in [2.45, 2.75) is 50.6 Å². The second kappa shape index (κ2) is 14.6. The summed E-state index contributed by atoms with van der Waals surface area (Å²) in [5.74, 6) is -0.991. The first kappa shape index (κ1) is 31.6. The third-order valence-electron chi connectivity index (χ3n) is 6.47. The lowest BCUT2D eigenvalue weighted by Gasteiger charge is -2.33. The summed E-state index contributed by atoms with van der Waals surface area (Å²) in [5, 5.41) is 14.5. The van der Waals surface area contributed by atoms with Crippen molar-refractivity contribution in [3.63, 3.8) is 0 Å². The molecule has 0 saturated carbocycles. The Hall–Kier alpha value is -3.96. The molecule has 12 heteroatoms. The van der Waals surface area contributed by atoms with Gasteiger partial charge >= 0.3 is 0 Å². The second-order valence-electron chi connectivity index (χ2n) is 9.28. The number of rotatable bonds is 14. The van der Waals surface area contributed by atoms with E-state index in [-0.39, 0.29) is 35.1 Å². The third-order valence-corrected chi connectivity index (χ3v) is 8.63. The van der Waals surface area contributed by atoms with Crippen LogP contribution < -0.4 is 9.62 Å². The predicted molar refractivity (Wildman–Crippen MR) is 158 cm³/mol. The summed E-state index contributed by atoms with van der Waals surface area (Å²) in [4.78, 5) is 39.1. The lowest BCUT2D eigenvalue weighted by Crippen LogP contribution is -2.52. The molecular weight excluding hydrogens is 568 g/mol. The maximum Gasteiger partial charge on any atom is 0.269 e. The Morgan fingerprint density at radius 1 is 0.976 bits per heavy atom. The van der Waals surface area contributed by atoms with Crippen molar-refractivity contribution in [1.82, 2.24) is 10.2 Å². The van der Waals surface area contributed by atoms with E-state index in [1.165, 1.54) is 41.3 Å². The summed E-state index contributed by atoms with van der Waals surface area (Å²) in [6, 6.07) is 18.5. The van der Waals surface area contributed by atoms with Gasteiger partial charge in [0.05, 0.1) is 15.5 Å². The molecule has 2 amide bonds. The minimum Gasteiger partial charge on any atom is -0.354 e. The minimum absolute atomic E-state index is 0.0301. The highest BCUT2D eigenvalue weighted by molar-refractivity contribution is 7.92. The van der Waals surface area contributed by atoms with Gasteiger partial charge in [-0.1, -0.05) is 68.3 Å². The zero-order chi connectivity index (χ0) is 30.0. The topological polar surface area (TPSA) is 130 Å². The van der Waals surface area contributed by atoms with E-state index in [9.17, 15) is 28.1 Å². The van der Waals surface area contributed by atoms with Crippen LogP contribution in [0.15, 0.2) is 83.8 Å². The van der Waals surface area contributed by atoms with Crippen molar-refractivity contribution in [1.29, 1.82) is 0 Å². The number of sulfonamides is 1. The normalized spacial score (nSPS) is 11.9. The number of nitro benzene ring substituents is 1. The Labute approximate surface area is 245 Å². The van der Waals surface area contributed by atoms with Crippen LogP contribution in [0.2, 0.25) is 5.02 Å². The molecule has 3 aromatic carbocycles. The SMILES string of the molecule is CCCCNC(=O)[C@H](CC)N(Cc1ccccc1Cl)C(=O)CN(c1ccc([N+](=O)[O-])cc1)S(=O)(=O)c1ccccc1. The van der Waals surface area contributed by atoms with Crippen molar-refractivity contribution in [2.75, 3.05) is 17.4 Å². The highest BCUT2D eigenvalue weighted by atomic mass is 35.5. The first-order valence-corrected chi connectivity index (χ1v) is 15.0. The molecule has 3 rings (SSSR count). The van der Waals surface area contributed by atoms with Crippen LogP contribution in [0, 0.1) is 10.1 Å². The standard InChI is InChI=1S/C29H33ClN4O6S/c1-3-5-19-31-29(36)27(4-2)32(20-22-11-9-10-14-26(22)30)28(35)21-33(23-15-17-24(18-16-23)34(37)38)41(39,40)25-12-7-6-8-13-25/h6-18,27H,3-5,19-21H2,1-2H3,(H,31,36)/t27-/m0/s1. The van der Waals surface area contributed by atoms with Gasteiger partial charge in [-0.05, 0) is 48.7 Å². The minimum atomic E-state index is -4.28. The van der Waals surface area contributed by atoms with Crippen LogP contribution in [0.25, 0.3) is 0 Å². The van der Waals surface area contributed by atoms with Crippen molar-refractivity contribution < 1.29 is 22.9 Å². The average molecular weight is 601 g/mol. The van der Waals surface area contributed by atoms with Crippen molar-refractivity contribution >= 4 is 44.8 Å². The van der Waals surface area contributed by atoms with Gasteiger partial charge in [0.1, 0.15) is 12.6 Å². The summed E-state index contributed by atoms with van der Waals surface area (Å²) < 4.78 is 28.5. The molecule has 10 nitrogen and oxygen atoms in total. The number of unbranched alkanes of at least 4 members (excludes halogenated alkanes) is 1. The lowest BCUT2D eigenvalue weighted by atomic mass is 10.1. The number of non-ortho nitro benzene ring substituents is 1. The smallest absolute Gasteiger partial charge is 0.269 e. The first-order valence-electron chi connectivity index (χ1n) is 13.2. The number of nitrogens with zero attached hydrogens (tertiary/aromatic N) is 3. The van der Waals surface area contributed by atoms with Crippen LogP contribution in [-0.4, -0.2) is 49.2 Å². The van der Waals surface area contributed by atoms with Crippen LogP contribution >= 0.6 is 11.6 Å². The lowest BCUT2D eigenvalue weighted by molar-refractivity contribution is -0.384. The molecule has 0 aliphatic heterocycles. The summed E-state index contributed by atoms with van der Waals surface area (Å²) in [7, 11) is -4.28. The van der Waals surface area contributed by atoms with Crippen molar-refractivity contribution in [2.24, 2.45) is 0 Å². The summed E-state index contributed by atoms with van der Waals surface area (Å²) >= 11 is 6.40. The molecule has 218 valence electrons. The van der Waals surface area contributed by atoms with Crippen LogP contribution in [0.5, 0.6) is 0 Å². The average Bonchev–Trinajstić information content (AvgIpc) is 2.97. The van der Waals surface area contributed by atoms with Crippen LogP contribution in [0.1, 0.15) is 38.7 Å². The molecule has 0 spiro atoms. The Morgan fingerprint density at radius 3 is 2.20 bits per heavy atom. The number of carbonyl (C=O) groups excluding carboxylic acids is 2. The van der Waals surface area contributed by atoms with E-state index in [0.717, 1.165) is 17.1 Å². The number of nitrogens with one attached hydrogen (secondary N) is 1. The zero-order valence-electron chi connectivity index (χ0n) is 22.9. The second-order valence-corrected chi connectivity index (χ2v) is 11.5. The fraction of sp³-hybridized carbons (Fsp3) is 0.310. The fourth-order valence-electron chi connectivity index (χ4n) is 4.22.